The first-order valence-corrected chi connectivity index (χ1v) is 6.69. The molecule has 0 fully saturated rings. The molecule has 0 aliphatic carbocycles. The molecule has 1 unspecified atom stereocenters. The highest BCUT2D eigenvalue weighted by molar-refractivity contribution is 4.73. The van der Waals surface area contributed by atoms with Gasteiger partial charge in [0.1, 0.15) is 0 Å². The molecule has 0 amide bonds. The third kappa shape index (κ3) is 7.02. The lowest BCUT2D eigenvalue weighted by Gasteiger charge is -2.23. The van der Waals surface area contributed by atoms with Gasteiger partial charge in [-0.2, -0.15) is 0 Å². The molecule has 0 bridgehead atoms. The van der Waals surface area contributed by atoms with E-state index >= 15 is 0 Å². The summed E-state index contributed by atoms with van der Waals surface area (Å²) in [5.74, 6) is 1.56. The van der Waals surface area contributed by atoms with Crippen LogP contribution in [0.1, 0.15) is 40.0 Å². The number of nitrogens with two attached hydrogens (primary N) is 1. The maximum atomic E-state index is 5.65. The van der Waals surface area contributed by atoms with Gasteiger partial charge in [-0.05, 0) is 50.7 Å². The molecule has 0 aliphatic rings. The van der Waals surface area contributed by atoms with E-state index < -0.39 is 0 Å². The van der Waals surface area contributed by atoms with Crippen LogP contribution in [0.4, 0.5) is 0 Å². The first-order chi connectivity index (χ1) is 7.65. The van der Waals surface area contributed by atoms with Gasteiger partial charge in [-0.3, -0.25) is 4.90 Å². The Morgan fingerprint density at radius 3 is 2.44 bits per heavy atom. The van der Waals surface area contributed by atoms with Crippen molar-refractivity contribution in [3.63, 3.8) is 0 Å². The van der Waals surface area contributed by atoms with E-state index in [0.717, 1.165) is 31.5 Å². The van der Waals surface area contributed by atoms with Crippen molar-refractivity contribution in [3.05, 3.63) is 12.7 Å². The lowest BCUT2D eigenvalue weighted by atomic mass is 9.88. The van der Waals surface area contributed by atoms with E-state index in [1.165, 1.54) is 25.8 Å². The molecule has 96 valence electrons. The Morgan fingerprint density at radius 2 is 2.00 bits per heavy atom. The van der Waals surface area contributed by atoms with Crippen molar-refractivity contribution < 1.29 is 0 Å². The molecule has 2 nitrogen and oxygen atoms in total. The minimum Gasteiger partial charge on any atom is -0.330 e. The van der Waals surface area contributed by atoms with Gasteiger partial charge >= 0.3 is 0 Å². The minimum atomic E-state index is 0.762. The Bertz CT molecular complexity index is 166. The highest BCUT2D eigenvalue weighted by Gasteiger charge is 2.12. The predicted molar refractivity (Wildman–Crippen MR) is 73.5 cm³/mol. The van der Waals surface area contributed by atoms with E-state index in [2.05, 4.69) is 32.3 Å². The molecule has 0 saturated heterocycles. The quantitative estimate of drug-likeness (QED) is 0.580. The van der Waals surface area contributed by atoms with Crippen LogP contribution in [0.25, 0.3) is 0 Å². The molecule has 0 aromatic carbocycles. The molecule has 0 saturated carbocycles. The Kier molecular flexibility index (Phi) is 9.65. The Hall–Kier alpha value is -0.340. The summed E-state index contributed by atoms with van der Waals surface area (Å²) in [7, 11) is 0. The SMILES string of the molecule is C=CCN(CC)CCCC(CCN)C(C)C. The van der Waals surface area contributed by atoms with Crippen molar-refractivity contribution in [2.75, 3.05) is 26.2 Å². The van der Waals surface area contributed by atoms with Crippen molar-refractivity contribution >= 4 is 0 Å². The monoisotopic (exact) mass is 226 g/mol. The van der Waals surface area contributed by atoms with E-state index in [1.54, 1.807) is 0 Å². The summed E-state index contributed by atoms with van der Waals surface area (Å²) in [6, 6.07) is 0. The first-order valence-electron chi connectivity index (χ1n) is 6.69. The molecule has 16 heavy (non-hydrogen) atoms. The van der Waals surface area contributed by atoms with Gasteiger partial charge in [0.2, 0.25) is 0 Å². The molecular weight excluding hydrogens is 196 g/mol. The molecule has 0 rings (SSSR count). The van der Waals surface area contributed by atoms with Gasteiger partial charge in [-0.15, -0.1) is 6.58 Å². The highest BCUT2D eigenvalue weighted by Crippen LogP contribution is 2.20. The van der Waals surface area contributed by atoms with Gasteiger partial charge in [-0.25, -0.2) is 0 Å². The van der Waals surface area contributed by atoms with Crippen LogP contribution in [0, 0.1) is 11.8 Å². The summed E-state index contributed by atoms with van der Waals surface area (Å²) in [6.07, 6.45) is 5.75. The fraction of sp³-hybridized carbons (Fsp3) is 0.857. The van der Waals surface area contributed by atoms with Gasteiger partial charge in [0.15, 0.2) is 0 Å². The van der Waals surface area contributed by atoms with Crippen LogP contribution in [0.3, 0.4) is 0 Å². The third-order valence-electron chi connectivity index (χ3n) is 3.36. The van der Waals surface area contributed by atoms with Crippen molar-refractivity contribution in [3.8, 4) is 0 Å². The lowest BCUT2D eigenvalue weighted by molar-refractivity contribution is 0.274. The normalized spacial score (nSPS) is 13.4. The van der Waals surface area contributed by atoms with Gasteiger partial charge in [0.25, 0.3) is 0 Å². The van der Waals surface area contributed by atoms with Gasteiger partial charge in [0, 0.05) is 6.54 Å². The van der Waals surface area contributed by atoms with Crippen LogP contribution >= 0.6 is 0 Å². The van der Waals surface area contributed by atoms with Crippen molar-refractivity contribution in [2.24, 2.45) is 17.6 Å². The number of nitrogens with zero attached hydrogens (tertiary/aromatic N) is 1. The van der Waals surface area contributed by atoms with Crippen molar-refractivity contribution in [2.45, 2.75) is 40.0 Å². The van der Waals surface area contributed by atoms with Crippen LogP contribution in [0.2, 0.25) is 0 Å². The van der Waals surface area contributed by atoms with Crippen LogP contribution in [0.5, 0.6) is 0 Å². The van der Waals surface area contributed by atoms with E-state index in [-0.39, 0.29) is 0 Å². The molecule has 0 aliphatic heterocycles. The zero-order valence-corrected chi connectivity index (χ0v) is 11.4. The Labute approximate surface area is 102 Å². The number of rotatable bonds is 10. The summed E-state index contributed by atoms with van der Waals surface area (Å²) >= 11 is 0. The number of hydrogen-bond donors (Lipinski definition) is 1. The van der Waals surface area contributed by atoms with E-state index in [1.807, 2.05) is 6.08 Å². The summed E-state index contributed by atoms with van der Waals surface area (Å²) in [5, 5.41) is 0. The van der Waals surface area contributed by atoms with E-state index in [9.17, 15) is 0 Å². The molecular formula is C14H30N2. The van der Waals surface area contributed by atoms with Crippen molar-refractivity contribution in [1.29, 1.82) is 0 Å². The standard InChI is InChI=1S/C14H30N2/c1-5-11-16(6-2)12-7-8-14(9-10-15)13(3)4/h5,13-14H,1,6-12,15H2,2-4H3. The molecule has 0 radical (unpaired) electrons. The van der Waals surface area contributed by atoms with Gasteiger partial charge < -0.3 is 5.73 Å². The summed E-state index contributed by atoms with van der Waals surface area (Å²) in [4.78, 5) is 2.44. The predicted octanol–water partition coefficient (Wildman–Crippen LogP) is 2.90. The fourth-order valence-corrected chi connectivity index (χ4v) is 2.16. The summed E-state index contributed by atoms with van der Waals surface area (Å²) in [5.41, 5.74) is 5.65. The van der Waals surface area contributed by atoms with Crippen molar-refractivity contribution in [1.82, 2.24) is 4.90 Å². The van der Waals surface area contributed by atoms with E-state index in [0.29, 0.717) is 0 Å². The van der Waals surface area contributed by atoms with Crippen LogP contribution in [-0.4, -0.2) is 31.1 Å². The Balaban J connectivity index is 3.78. The maximum absolute atomic E-state index is 5.65. The fourth-order valence-electron chi connectivity index (χ4n) is 2.16. The van der Waals surface area contributed by atoms with Crippen LogP contribution in [-0.2, 0) is 0 Å². The smallest absolute Gasteiger partial charge is 0.0160 e. The van der Waals surface area contributed by atoms with E-state index in [4.69, 9.17) is 5.73 Å². The van der Waals surface area contributed by atoms with Crippen LogP contribution < -0.4 is 5.73 Å². The summed E-state index contributed by atoms with van der Waals surface area (Å²) in [6.45, 7) is 14.8. The molecule has 2 N–H and O–H groups in total. The highest BCUT2D eigenvalue weighted by atomic mass is 15.1. The lowest BCUT2D eigenvalue weighted by Crippen LogP contribution is -2.25. The zero-order chi connectivity index (χ0) is 12.4. The van der Waals surface area contributed by atoms with Gasteiger partial charge in [-0.1, -0.05) is 26.8 Å². The first kappa shape index (κ1) is 15.7. The second-order valence-electron chi connectivity index (χ2n) is 4.91. The average Bonchev–Trinajstić information content (AvgIpc) is 2.26. The molecule has 0 heterocycles. The molecule has 0 spiro atoms. The maximum Gasteiger partial charge on any atom is 0.0160 e. The van der Waals surface area contributed by atoms with Crippen LogP contribution in [0.15, 0.2) is 12.7 Å². The molecule has 0 aromatic heterocycles. The number of hydrogen-bond acceptors (Lipinski definition) is 2. The summed E-state index contributed by atoms with van der Waals surface area (Å²) < 4.78 is 0. The second kappa shape index (κ2) is 9.86. The molecule has 2 heteroatoms. The average molecular weight is 226 g/mol. The van der Waals surface area contributed by atoms with Gasteiger partial charge in [0.05, 0.1) is 0 Å². The molecule has 0 aromatic rings. The minimum absolute atomic E-state index is 0.762. The Morgan fingerprint density at radius 1 is 1.31 bits per heavy atom. The molecule has 1 atom stereocenters. The topological polar surface area (TPSA) is 29.3 Å². The third-order valence-corrected chi connectivity index (χ3v) is 3.36. The number of likely N-dealkylation sites (N-methyl/N-ethyl adjacent to an activating group) is 1. The largest absolute Gasteiger partial charge is 0.330 e. The zero-order valence-electron chi connectivity index (χ0n) is 11.4. The second-order valence-corrected chi connectivity index (χ2v) is 4.91.